The second-order valence-corrected chi connectivity index (χ2v) is 5.71. The Morgan fingerprint density at radius 1 is 1.38 bits per heavy atom. The molecule has 0 saturated carbocycles. The van der Waals surface area contributed by atoms with E-state index in [-0.39, 0.29) is 11.8 Å². The number of hydrogen-bond acceptors (Lipinski definition) is 4. The maximum absolute atomic E-state index is 12.1. The first-order valence-electron chi connectivity index (χ1n) is 7.54. The average molecular weight is 291 g/mol. The quantitative estimate of drug-likeness (QED) is 0.835. The number of nitrogens with one attached hydrogen (secondary N) is 2. The SMILES string of the molecule is CN(C)CCOc1ccc(NC(=O)C2CCCNC2)cc1. The lowest BCUT2D eigenvalue weighted by Crippen LogP contribution is -2.37. The molecule has 1 atom stereocenters. The van der Waals surface area contributed by atoms with Crippen LogP contribution in [0.1, 0.15) is 12.8 Å². The lowest BCUT2D eigenvalue weighted by Gasteiger charge is -2.21. The maximum Gasteiger partial charge on any atom is 0.228 e. The molecular formula is C16H25N3O2. The Morgan fingerprint density at radius 3 is 2.76 bits per heavy atom. The molecule has 5 nitrogen and oxygen atoms in total. The second kappa shape index (κ2) is 8.00. The summed E-state index contributed by atoms with van der Waals surface area (Å²) in [6, 6.07) is 7.56. The summed E-state index contributed by atoms with van der Waals surface area (Å²) >= 11 is 0. The standard InChI is InChI=1S/C16H25N3O2/c1-19(2)10-11-21-15-7-5-14(6-8-15)18-16(20)13-4-3-9-17-12-13/h5-8,13,17H,3-4,9-12H2,1-2H3,(H,18,20). The fourth-order valence-corrected chi connectivity index (χ4v) is 2.30. The Morgan fingerprint density at radius 2 is 2.14 bits per heavy atom. The monoisotopic (exact) mass is 291 g/mol. The maximum atomic E-state index is 12.1. The predicted octanol–water partition coefficient (Wildman–Crippen LogP) is 1.57. The van der Waals surface area contributed by atoms with E-state index in [1.807, 2.05) is 38.4 Å². The van der Waals surface area contributed by atoms with E-state index in [9.17, 15) is 4.79 Å². The third-order valence-corrected chi connectivity index (χ3v) is 3.60. The molecule has 1 amide bonds. The van der Waals surface area contributed by atoms with Gasteiger partial charge in [-0.25, -0.2) is 0 Å². The Balaban J connectivity index is 1.80. The molecule has 0 bridgehead atoms. The molecule has 2 N–H and O–H groups in total. The smallest absolute Gasteiger partial charge is 0.228 e. The number of likely N-dealkylation sites (N-methyl/N-ethyl adjacent to an activating group) is 1. The summed E-state index contributed by atoms with van der Waals surface area (Å²) in [5.74, 6) is 1.01. The summed E-state index contributed by atoms with van der Waals surface area (Å²) in [6.45, 7) is 3.33. The molecule has 5 heteroatoms. The van der Waals surface area contributed by atoms with Crippen molar-refractivity contribution in [3.8, 4) is 5.75 Å². The largest absolute Gasteiger partial charge is 0.492 e. The second-order valence-electron chi connectivity index (χ2n) is 5.71. The average Bonchev–Trinajstić information content (AvgIpc) is 2.49. The van der Waals surface area contributed by atoms with Crippen molar-refractivity contribution in [1.29, 1.82) is 0 Å². The molecule has 1 saturated heterocycles. The Bertz CT molecular complexity index is 439. The number of anilines is 1. The Labute approximate surface area is 126 Å². The highest BCUT2D eigenvalue weighted by Gasteiger charge is 2.20. The van der Waals surface area contributed by atoms with Crippen LogP contribution in [0.15, 0.2) is 24.3 Å². The van der Waals surface area contributed by atoms with E-state index in [1.165, 1.54) is 0 Å². The number of nitrogens with zero attached hydrogens (tertiary/aromatic N) is 1. The summed E-state index contributed by atoms with van der Waals surface area (Å²) in [5.41, 5.74) is 0.825. The van der Waals surface area contributed by atoms with E-state index in [1.54, 1.807) is 0 Å². The van der Waals surface area contributed by atoms with Gasteiger partial charge in [0.15, 0.2) is 0 Å². The zero-order chi connectivity index (χ0) is 15.1. The minimum absolute atomic E-state index is 0.0785. The van der Waals surface area contributed by atoms with Gasteiger partial charge >= 0.3 is 0 Å². The first-order valence-corrected chi connectivity index (χ1v) is 7.54. The molecular weight excluding hydrogens is 266 g/mol. The fourth-order valence-electron chi connectivity index (χ4n) is 2.30. The first-order chi connectivity index (χ1) is 10.1. The molecule has 1 aromatic rings. The molecule has 1 fully saturated rings. The van der Waals surface area contributed by atoms with Gasteiger partial charge < -0.3 is 20.3 Å². The van der Waals surface area contributed by atoms with Crippen LogP contribution in [0.3, 0.4) is 0 Å². The highest BCUT2D eigenvalue weighted by Crippen LogP contribution is 2.18. The third-order valence-electron chi connectivity index (χ3n) is 3.60. The van der Waals surface area contributed by atoms with Crippen LogP contribution in [-0.2, 0) is 4.79 Å². The van der Waals surface area contributed by atoms with Gasteiger partial charge in [-0.2, -0.15) is 0 Å². The number of rotatable bonds is 6. The van der Waals surface area contributed by atoms with E-state index in [4.69, 9.17) is 4.74 Å². The van der Waals surface area contributed by atoms with Crippen LogP contribution in [0, 0.1) is 5.92 Å². The molecule has 0 aliphatic carbocycles. The molecule has 1 aliphatic heterocycles. The summed E-state index contributed by atoms with van der Waals surface area (Å²) in [6.07, 6.45) is 2.03. The van der Waals surface area contributed by atoms with Gasteiger partial charge in [0.2, 0.25) is 5.91 Å². The molecule has 1 unspecified atom stereocenters. The molecule has 1 heterocycles. The first kappa shape index (κ1) is 15.8. The molecule has 116 valence electrons. The lowest BCUT2D eigenvalue weighted by atomic mass is 9.99. The summed E-state index contributed by atoms with van der Waals surface area (Å²) in [7, 11) is 4.03. The van der Waals surface area contributed by atoms with Crippen LogP contribution in [0.25, 0.3) is 0 Å². The van der Waals surface area contributed by atoms with E-state index in [0.717, 1.165) is 43.9 Å². The van der Waals surface area contributed by atoms with Gasteiger partial charge in [-0.05, 0) is 57.7 Å². The number of hydrogen-bond donors (Lipinski definition) is 2. The third kappa shape index (κ3) is 5.36. The van der Waals surface area contributed by atoms with Gasteiger partial charge in [-0.15, -0.1) is 0 Å². The number of carbonyl (C=O) groups is 1. The highest BCUT2D eigenvalue weighted by molar-refractivity contribution is 5.92. The molecule has 0 spiro atoms. The van der Waals surface area contributed by atoms with Gasteiger partial charge in [-0.1, -0.05) is 0 Å². The molecule has 2 rings (SSSR count). The minimum atomic E-state index is 0.0785. The zero-order valence-corrected chi connectivity index (χ0v) is 12.9. The lowest BCUT2D eigenvalue weighted by molar-refractivity contribution is -0.120. The van der Waals surface area contributed by atoms with Crippen molar-refractivity contribution in [2.45, 2.75) is 12.8 Å². The van der Waals surface area contributed by atoms with Gasteiger partial charge in [0, 0.05) is 18.8 Å². The molecule has 21 heavy (non-hydrogen) atoms. The van der Waals surface area contributed by atoms with Crippen molar-refractivity contribution in [3.05, 3.63) is 24.3 Å². The Hall–Kier alpha value is -1.59. The van der Waals surface area contributed by atoms with Gasteiger partial charge in [0.25, 0.3) is 0 Å². The summed E-state index contributed by atoms with van der Waals surface area (Å²) in [4.78, 5) is 14.2. The van der Waals surface area contributed by atoms with Crippen LogP contribution < -0.4 is 15.4 Å². The molecule has 1 aromatic carbocycles. The Kier molecular flexibility index (Phi) is 6.02. The van der Waals surface area contributed by atoms with Crippen LogP contribution in [-0.4, -0.2) is 51.1 Å². The summed E-state index contributed by atoms with van der Waals surface area (Å²) < 4.78 is 5.63. The van der Waals surface area contributed by atoms with Crippen LogP contribution >= 0.6 is 0 Å². The van der Waals surface area contributed by atoms with Crippen LogP contribution in [0.4, 0.5) is 5.69 Å². The normalized spacial score (nSPS) is 18.5. The number of amides is 1. The van der Waals surface area contributed by atoms with Crippen molar-refractivity contribution in [1.82, 2.24) is 10.2 Å². The van der Waals surface area contributed by atoms with Gasteiger partial charge in [0.1, 0.15) is 12.4 Å². The van der Waals surface area contributed by atoms with Crippen molar-refractivity contribution >= 4 is 11.6 Å². The number of benzene rings is 1. The van der Waals surface area contributed by atoms with Crippen molar-refractivity contribution < 1.29 is 9.53 Å². The fraction of sp³-hybridized carbons (Fsp3) is 0.562. The molecule has 1 aliphatic rings. The van der Waals surface area contributed by atoms with Gasteiger partial charge in [0.05, 0.1) is 5.92 Å². The number of carbonyl (C=O) groups excluding carboxylic acids is 1. The molecule has 0 aromatic heterocycles. The van der Waals surface area contributed by atoms with E-state index >= 15 is 0 Å². The van der Waals surface area contributed by atoms with Crippen LogP contribution in [0.5, 0.6) is 5.75 Å². The van der Waals surface area contributed by atoms with E-state index < -0.39 is 0 Å². The highest BCUT2D eigenvalue weighted by atomic mass is 16.5. The van der Waals surface area contributed by atoms with Crippen molar-refractivity contribution in [2.24, 2.45) is 5.92 Å². The van der Waals surface area contributed by atoms with Crippen molar-refractivity contribution in [3.63, 3.8) is 0 Å². The zero-order valence-electron chi connectivity index (χ0n) is 12.9. The van der Waals surface area contributed by atoms with E-state index in [0.29, 0.717) is 6.61 Å². The van der Waals surface area contributed by atoms with Gasteiger partial charge in [-0.3, -0.25) is 4.79 Å². The minimum Gasteiger partial charge on any atom is -0.492 e. The number of ether oxygens (including phenoxy) is 1. The van der Waals surface area contributed by atoms with Crippen molar-refractivity contribution in [2.75, 3.05) is 45.7 Å². The molecule has 0 radical (unpaired) electrons. The van der Waals surface area contributed by atoms with Crippen LogP contribution in [0.2, 0.25) is 0 Å². The topological polar surface area (TPSA) is 53.6 Å². The predicted molar refractivity (Wildman–Crippen MR) is 84.7 cm³/mol. The summed E-state index contributed by atoms with van der Waals surface area (Å²) in [5, 5.41) is 6.23. The van der Waals surface area contributed by atoms with E-state index in [2.05, 4.69) is 15.5 Å². The number of piperidine rings is 1.